The second kappa shape index (κ2) is 5.97. The minimum absolute atomic E-state index is 0.130. The standard InChI is InChI=1S/C12H7F3O5/c1-19-10(16)3-2-7-4-8(11(17)18)6-9(5-7)20-12(13,14)15/h4-6H,1H3,(H,17,18). The first-order valence-electron chi connectivity index (χ1n) is 4.95. The molecule has 0 aliphatic heterocycles. The molecule has 0 saturated carbocycles. The van der Waals surface area contributed by atoms with Crippen molar-refractivity contribution in [2.45, 2.75) is 6.36 Å². The minimum Gasteiger partial charge on any atom is -0.478 e. The van der Waals surface area contributed by atoms with Crippen molar-refractivity contribution in [1.82, 2.24) is 0 Å². The number of carbonyl (C=O) groups excluding carboxylic acids is 1. The van der Waals surface area contributed by atoms with Crippen LogP contribution < -0.4 is 4.74 Å². The van der Waals surface area contributed by atoms with E-state index in [2.05, 4.69) is 15.4 Å². The molecule has 20 heavy (non-hydrogen) atoms. The molecule has 0 heterocycles. The highest BCUT2D eigenvalue weighted by atomic mass is 19.4. The molecular formula is C12H7F3O5. The molecule has 0 radical (unpaired) electrons. The predicted octanol–water partition coefficient (Wildman–Crippen LogP) is 1.81. The molecule has 1 rings (SSSR count). The number of carboxylic acids is 1. The van der Waals surface area contributed by atoms with Gasteiger partial charge in [-0.1, -0.05) is 5.92 Å². The van der Waals surface area contributed by atoms with E-state index in [1.165, 1.54) is 0 Å². The number of rotatable bonds is 2. The average Bonchev–Trinajstić information content (AvgIpc) is 2.33. The minimum atomic E-state index is -4.97. The third kappa shape index (κ3) is 4.89. The van der Waals surface area contributed by atoms with E-state index in [4.69, 9.17) is 5.11 Å². The second-order valence-electron chi connectivity index (χ2n) is 3.34. The van der Waals surface area contributed by atoms with Crippen LogP contribution in [0.2, 0.25) is 0 Å². The van der Waals surface area contributed by atoms with E-state index in [0.29, 0.717) is 6.07 Å². The van der Waals surface area contributed by atoms with Gasteiger partial charge >= 0.3 is 18.3 Å². The quantitative estimate of drug-likeness (QED) is 0.663. The number of hydrogen-bond acceptors (Lipinski definition) is 4. The highest BCUT2D eigenvalue weighted by molar-refractivity contribution is 5.90. The zero-order valence-electron chi connectivity index (χ0n) is 9.95. The molecule has 0 saturated heterocycles. The number of ether oxygens (including phenoxy) is 2. The number of halogens is 3. The maximum absolute atomic E-state index is 12.1. The fourth-order valence-electron chi connectivity index (χ4n) is 1.16. The Morgan fingerprint density at radius 1 is 1.25 bits per heavy atom. The number of benzene rings is 1. The third-order valence-electron chi connectivity index (χ3n) is 1.88. The zero-order valence-corrected chi connectivity index (χ0v) is 9.95. The van der Waals surface area contributed by atoms with Crippen LogP contribution in [0.1, 0.15) is 15.9 Å². The van der Waals surface area contributed by atoms with Gasteiger partial charge in [-0.25, -0.2) is 9.59 Å². The van der Waals surface area contributed by atoms with Crippen LogP contribution in [0.15, 0.2) is 18.2 Å². The van der Waals surface area contributed by atoms with Gasteiger partial charge in [0.25, 0.3) is 0 Å². The highest BCUT2D eigenvalue weighted by Gasteiger charge is 2.31. The van der Waals surface area contributed by atoms with Gasteiger partial charge in [-0.15, -0.1) is 13.2 Å². The first-order chi connectivity index (χ1) is 9.21. The van der Waals surface area contributed by atoms with Crippen molar-refractivity contribution in [2.24, 2.45) is 0 Å². The van der Waals surface area contributed by atoms with Crippen LogP contribution in [0.5, 0.6) is 5.75 Å². The van der Waals surface area contributed by atoms with Gasteiger partial charge in [-0.05, 0) is 18.2 Å². The van der Waals surface area contributed by atoms with E-state index in [0.717, 1.165) is 19.2 Å². The summed E-state index contributed by atoms with van der Waals surface area (Å²) in [7, 11) is 1.07. The number of carbonyl (C=O) groups is 2. The van der Waals surface area contributed by atoms with Crippen LogP contribution in [-0.2, 0) is 9.53 Å². The summed E-state index contributed by atoms with van der Waals surface area (Å²) < 4.78 is 44.1. The van der Waals surface area contributed by atoms with Gasteiger partial charge in [-0.3, -0.25) is 0 Å². The largest absolute Gasteiger partial charge is 0.573 e. The summed E-state index contributed by atoms with van der Waals surface area (Å²) in [6.07, 6.45) is -4.97. The van der Waals surface area contributed by atoms with Crippen molar-refractivity contribution in [3.05, 3.63) is 29.3 Å². The zero-order chi connectivity index (χ0) is 15.3. The lowest BCUT2D eigenvalue weighted by Crippen LogP contribution is -2.17. The summed E-state index contributed by atoms with van der Waals surface area (Å²) in [6.45, 7) is 0. The number of hydrogen-bond donors (Lipinski definition) is 1. The van der Waals surface area contributed by atoms with Crippen LogP contribution in [0.3, 0.4) is 0 Å². The number of alkyl halides is 3. The van der Waals surface area contributed by atoms with Crippen LogP contribution in [0, 0.1) is 11.8 Å². The Morgan fingerprint density at radius 3 is 2.40 bits per heavy atom. The van der Waals surface area contributed by atoms with Crippen molar-refractivity contribution in [3.8, 4) is 17.6 Å². The summed E-state index contributed by atoms with van der Waals surface area (Å²) in [5.41, 5.74) is -0.588. The van der Waals surface area contributed by atoms with Crippen LogP contribution in [0.25, 0.3) is 0 Å². The average molecular weight is 288 g/mol. The fraction of sp³-hybridized carbons (Fsp3) is 0.167. The Balaban J connectivity index is 3.20. The Bertz CT molecular complexity index is 595. The third-order valence-corrected chi connectivity index (χ3v) is 1.88. The van der Waals surface area contributed by atoms with E-state index < -0.39 is 29.6 Å². The smallest absolute Gasteiger partial charge is 0.478 e. The first-order valence-corrected chi connectivity index (χ1v) is 4.95. The van der Waals surface area contributed by atoms with Crippen molar-refractivity contribution in [2.75, 3.05) is 7.11 Å². The lowest BCUT2D eigenvalue weighted by Gasteiger charge is -2.09. The van der Waals surface area contributed by atoms with Gasteiger partial charge in [0.15, 0.2) is 0 Å². The van der Waals surface area contributed by atoms with E-state index in [-0.39, 0.29) is 5.56 Å². The van der Waals surface area contributed by atoms with E-state index in [1.54, 1.807) is 0 Å². The fourth-order valence-corrected chi connectivity index (χ4v) is 1.16. The molecule has 0 unspecified atom stereocenters. The van der Waals surface area contributed by atoms with Crippen LogP contribution in [-0.4, -0.2) is 30.5 Å². The first kappa shape index (κ1) is 15.4. The van der Waals surface area contributed by atoms with Crippen molar-refractivity contribution in [3.63, 3.8) is 0 Å². The second-order valence-corrected chi connectivity index (χ2v) is 3.34. The summed E-state index contributed by atoms with van der Waals surface area (Å²) >= 11 is 0. The molecule has 0 bridgehead atoms. The molecule has 0 fully saturated rings. The Hall–Kier alpha value is -2.69. The molecule has 0 spiro atoms. The summed E-state index contributed by atoms with van der Waals surface area (Å²) in [5.74, 6) is 1.03. The van der Waals surface area contributed by atoms with Crippen molar-refractivity contribution < 1.29 is 37.3 Å². The van der Waals surface area contributed by atoms with Gasteiger partial charge in [-0.2, -0.15) is 0 Å². The van der Waals surface area contributed by atoms with Crippen molar-refractivity contribution >= 4 is 11.9 Å². The Kier molecular flexibility index (Phi) is 4.59. The summed E-state index contributed by atoms with van der Waals surface area (Å²) in [6, 6.07) is 2.55. The molecule has 1 aromatic carbocycles. The molecule has 106 valence electrons. The van der Waals surface area contributed by atoms with Gasteiger partial charge in [0, 0.05) is 11.5 Å². The highest BCUT2D eigenvalue weighted by Crippen LogP contribution is 2.25. The van der Waals surface area contributed by atoms with E-state index in [1.807, 2.05) is 5.92 Å². The molecule has 0 atom stereocenters. The normalized spacial score (nSPS) is 10.2. The van der Waals surface area contributed by atoms with Gasteiger partial charge < -0.3 is 14.6 Å². The molecule has 1 N–H and O–H groups in total. The topological polar surface area (TPSA) is 72.8 Å². The maximum Gasteiger partial charge on any atom is 0.573 e. The number of aromatic carboxylic acids is 1. The lowest BCUT2D eigenvalue weighted by atomic mass is 10.1. The molecule has 8 heteroatoms. The van der Waals surface area contributed by atoms with Crippen molar-refractivity contribution in [1.29, 1.82) is 0 Å². The molecular weight excluding hydrogens is 281 g/mol. The summed E-state index contributed by atoms with van der Waals surface area (Å²) in [4.78, 5) is 21.6. The Morgan fingerprint density at radius 2 is 1.90 bits per heavy atom. The van der Waals surface area contributed by atoms with Gasteiger partial charge in [0.1, 0.15) is 5.75 Å². The maximum atomic E-state index is 12.1. The summed E-state index contributed by atoms with van der Waals surface area (Å²) in [5, 5.41) is 8.78. The molecule has 5 nitrogen and oxygen atoms in total. The SMILES string of the molecule is COC(=O)C#Cc1cc(OC(F)(F)F)cc(C(=O)O)c1. The van der Waals surface area contributed by atoms with Crippen LogP contribution in [0.4, 0.5) is 13.2 Å². The molecule has 0 amide bonds. The number of carboxylic acid groups (broad SMARTS) is 1. The monoisotopic (exact) mass is 288 g/mol. The molecule has 0 aliphatic rings. The van der Waals surface area contributed by atoms with Crippen LogP contribution >= 0.6 is 0 Å². The number of methoxy groups -OCH3 is 1. The van der Waals surface area contributed by atoms with E-state index >= 15 is 0 Å². The lowest BCUT2D eigenvalue weighted by molar-refractivity contribution is -0.274. The molecule has 0 aliphatic carbocycles. The van der Waals surface area contributed by atoms with Gasteiger partial charge in [0.2, 0.25) is 0 Å². The molecule has 0 aromatic heterocycles. The Labute approximate surface area is 110 Å². The number of esters is 1. The van der Waals surface area contributed by atoms with E-state index in [9.17, 15) is 22.8 Å². The molecule has 1 aromatic rings. The van der Waals surface area contributed by atoms with Gasteiger partial charge in [0.05, 0.1) is 12.7 Å². The predicted molar refractivity (Wildman–Crippen MR) is 59.0 cm³/mol.